The number of benzene rings is 1. The van der Waals surface area contributed by atoms with E-state index in [1.165, 1.54) is 30.5 Å². The van der Waals surface area contributed by atoms with Crippen LogP contribution >= 0.6 is 0 Å². The lowest BCUT2D eigenvalue weighted by Crippen LogP contribution is -2.61. The Morgan fingerprint density at radius 3 is 2.38 bits per heavy atom. The fourth-order valence-corrected chi connectivity index (χ4v) is 4.87. The molecule has 0 bridgehead atoms. The molecule has 3 aliphatic rings. The molecule has 1 aliphatic carbocycles. The van der Waals surface area contributed by atoms with Gasteiger partial charge in [-0.1, -0.05) is 12.1 Å². The van der Waals surface area contributed by atoms with Crippen molar-refractivity contribution in [3.63, 3.8) is 0 Å². The molecule has 2 fully saturated rings. The van der Waals surface area contributed by atoms with E-state index in [0.717, 1.165) is 6.08 Å². The first-order chi connectivity index (χ1) is 17.6. The molecule has 1 saturated heterocycles. The third-order valence-electron chi connectivity index (χ3n) is 6.93. The van der Waals surface area contributed by atoms with Gasteiger partial charge in [0.15, 0.2) is 6.29 Å². The summed E-state index contributed by atoms with van der Waals surface area (Å²) in [5.74, 6) is -2.95. The number of aliphatic hydroxyl groups is 7. The molecule has 204 valence electrons. The van der Waals surface area contributed by atoms with Crippen LogP contribution in [-0.4, -0.2) is 115 Å². The number of aliphatic hydroxyl groups excluding tert-OH is 6. The summed E-state index contributed by atoms with van der Waals surface area (Å²) < 4.78 is 21.8. The monoisotopic (exact) mass is 526 g/mol. The largest absolute Gasteiger partial charge is 0.508 e. The van der Waals surface area contributed by atoms with Gasteiger partial charge in [-0.05, 0) is 29.8 Å². The normalized spacial score (nSPS) is 41.4. The minimum atomic E-state index is -2.28. The Bertz CT molecular complexity index is 995. The zero-order chi connectivity index (χ0) is 26.9. The van der Waals surface area contributed by atoms with Gasteiger partial charge in [-0.25, -0.2) is 4.79 Å². The predicted octanol–water partition coefficient (Wildman–Crippen LogP) is -2.67. The van der Waals surface area contributed by atoms with Crippen LogP contribution in [0.5, 0.6) is 5.75 Å². The van der Waals surface area contributed by atoms with E-state index < -0.39 is 85.8 Å². The first-order valence-corrected chi connectivity index (χ1v) is 11.6. The highest BCUT2D eigenvalue weighted by atomic mass is 16.8. The summed E-state index contributed by atoms with van der Waals surface area (Å²) in [6.07, 6.45) is -7.50. The first kappa shape index (κ1) is 27.4. The Morgan fingerprint density at radius 1 is 1.03 bits per heavy atom. The Kier molecular flexibility index (Phi) is 8.18. The Balaban J connectivity index is 1.51. The molecule has 13 heteroatoms. The maximum absolute atomic E-state index is 12.5. The average Bonchev–Trinajstić information content (AvgIpc) is 3.11. The second-order valence-electron chi connectivity index (χ2n) is 9.19. The lowest BCUT2D eigenvalue weighted by Gasteiger charge is -2.43. The van der Waals surface area contributed by atoms with Gasteiger partial charge in [-0.2, -0.15) is 0 Å². The topological polar surface area (TPSA) is 216 Å². The van der Waals surface area contributed by atoms with Gasteiger partial charge in [-0.3, -0.25) is 0 Å². The molecule has 11 atom stereocenters. The number of phenols is 1. The fourth-order valence-electron chi connectivity index (χ4n) is 4.87. The molecule has 0 unspecified atom stereocenters. The molecule has 0 radical (unpaired) electrons. The standard InChI is InChI=1S/C24H30O13/c25-9-14-17(29)18(30)19(31)23(35-14)37-22-16-13(7-8-34-22)20(21(32)24(16,33)10-26)36-15(28)6-3-11-1-4-12(27)5-2-11/h1-8,13-14,16-23,25-27,29-33H,9-10H2/t13-,14+,16-,17+,18-,19+,20-,21+,22-,23-,24-/m0/s1. The van der Waals surface area contributed by atoms with Crippen molar-refractivity contribution >= 4 is 12.0 Å². The fraction of sp³-hybridized carbons (Fsp3) is 0.542. The average molecular weight is 526 g/mol. The van der Waals surface area contributed by atoms with Crippen LogP contribution in [0.25, 0.3) is 6.08 Å². The molecule has 2 aliphatic heterocycles. The number of aromatic hydroxyl groups is 1. The van der Waals surface area contributed by atoms with Crippen LogP contribution in [0.3, 0.4) is 0 Å². The smallest absolute Gasteiger partial charge is 0.331 e. The van der Waals surface area contributed by atoms with Crippen molar-refractivity contribution in [1.82, 2.24) is 0 Å². The molecule has 1 saturated carbocycles. The molecule has 13 nitrogen and oxygen atoms in total. The van der Waals surface area contributed by atoms with Gasteiger partial charge in [0, 0.05) is 12.0 Å². The Morgan fingerprint density at radius 2 is 1.73 bits per heavy atom. The molecule has 1 aromatic carbocycles. The van der Waals surface area contributed by atoms with Gasteiger partial charge in [-0.15, -0.1) is 0 Å². The van der Waals surface area contributed by atoms with Crippen molar-refractivity contribution in [2.45, 2.75) is 54.8 Å². The van der Waals surface area contributed by atoms with Crippen LogP contribution in [0.15, 0.2) is 42.7 Å². The molecule has 2 heterocycles. The van der Waals surface area contributed by atoms with Gasteiger partial charge < -0.3 is 59.8 Å². The van der Waals surface area contributed by atoms with Crippen LogP contribution in [-0.2, 0) is 23.7 Å². The number of rotatable bonds is 7. The summed E-state index contributed by atoms with van der Waals surface area (Å²) in [4.78, 5) is 12.5. The van der Waals surface area contributed by atoms with Crippen LogP contribution in [0.1, 0.15) is 5.56 Å². The van der Waals surface area contributed by atoms with E-state index in [9.17, 15) is 45.6 Å². The molecule has 0 amide bonds. The third kappa shape index (κ3) is 5.23. The maximum Gasteiger partial charge on any atom is 0.331 e. The minimum Gasteiger partial charge on any atom is -0.508 e. The number of ether oxygens (including phenoxy) is 4. The number of carbonyl (C=O) groups excluding carboxylic acids is 1. The van der Waals surface area contributed by atoms with Crippen molar-refractivity contribution < 1.29 is 64.6 Å². The Hall–Kier alpha value is -2.59. The highest BCUT2D eigenvalue weighted by Gasteiger charge is 2.65. The number of hydrogen-bond acceptors (Lipinski definition) is 13. The number of esters is 1. The first-order valence-electron chi connectivity index (χ1n) is 11.6. The van der Waals surface area contributed by atoms with Crippen molar-refractivity contribution in [1.29, 1.82) is 0 Å². The van der Waals surface area contributed by atoms with Gasteiger partial charge in [0.2, 0.25) is 6.29 Å². The van der Waals surface area contributed by atoms with Crippen LogP contribution in [0.4, 0.5) is 0 Å². The maximum atomic E-state index is 12.5. The minimum absolute atomic E-state index is 0.0509. The van der Waals surface area contributed by atoms with Gasteiger partial charge in [0.1, 0.15) is 48.0 Å². The quantitative estimate of drug-likeness (QED) is 0.135. The highest BCUT2D eigenvalue weighted by molar-refractivity contribution is 5.87. The molecule has 0 spiro atoms. The van der Waals surface area contributed by atoms with Crippen molar-refractivity contribution in [2.24, 2.45) is 11.8 Å². The lowest BCUT2D eigenvalue weighted by atomic mass is 9.83. The summed E-state index contributed by atoms with van der Waals surface area (Å²) in [6, 6.07) is 5.98. The third-order valence-corrected chi connectivity index (χ3v) is 6.93. The highest BCUT2D eigenvalue weighted by Crippen LogP contribution is 2.48. The molecule has 4 rings (SSSR count). The van der Waals surface area contributed by atoms with Crippen molar-refractivity contribution in [2.75, 3.05) is 13.2 Å². The summed E-state index contributed by atoms with van der Waals surface area (Å²) in [5, 5.41) is 81.1. The van der Waals surface area contributed by atoms with E-state index >= 15 is 0 Å². The van der Waals surface area contributed by atoms with E-state index in [1.807, 2.05) is 0 Å². The summed E-state index contributed by atoms with van der Waals surface area (Å²) in [5.41, 5.74) is -1.69. The summed E-state index contributed by atoms with van der Waals surface area (Å²) in [7, 11) is 0. The summed E-state index contributed by atoms with van der Waals surface area (Å²) in [6.45, 7) is -1.67. The molecule has 1 aromatic rings. The van der Waals surface area contributed by atoms with E-state index in [-0.39, 0.29) is 5.75 Å². The number of hydrogen-bond donors (Lipinski definition) is 8. The zero-order valence-corrected chi connectivity index (χ0v) is 19.4. The van der Waals surface area contributed by atoms with Crippen LogP contribution in [0.2, 0.25) is 0 Å². The molecule has 8 N–H and O–H groups in total. The Labute approximate surface area is 211 Å². The van der Waals surface area contributed by atoms with Crippen LogP contribution < -0.4 is 0 Å². The van der Waals surface area contributed by atoms with Crippen molar-refractivity contribution in [3.8, 4) is 5.75 Å². The second-order valence-corrected chi connectivity index (χ2v) is 9.19. The van der Waals surface area contributed by atoms with E-state index in [1.54, 1.807) is 12.1 Å². The SMILES string of the molecule is O=C(C=Cc1ccc(O)cc1)O[C@H]1[C@H]2C=CO[C@@H](O[C@@H]3O[C@H](CO)[C@@H](O)[C@H](O)[C@H]3O)[C@H]2[C@@](O)(CO)[C@@H]1O. The van der Waals surface area contributed by atoms with E-state index in [4.69, 9.17) is 18.9 Å². The van der Waals surface area contributed by atoms with Gasteiger partial charge >= 0.3 is 5.97 Å². The van der Waals surface area contributed by atoms with Gasteiger partial charge in [0.05, 0.1) is 25.4 Å². The van der Waals surface area contributed by atoms with Crippen molar-refractivity contribution in [3.05, 3.63) is 48.2 Å². The number of phenolic OH excluding ortho intramolecular Hbond substituents is 1. The van der Waals surface area contributed by atoms with E-state index in [0.29, 0.717) is 5.56 Å². The second kappa shape index (κ2) is 11.0. The lowest BCUT2D eigenvalue weighted by molar-refractivity contribution is -0.348. The molecular weight excluding hydrogens is 496 g/mol. The predicted molar refractivity (Wildman–Crippen MR) is 121 cm³/mol. The van der Waals surface area contributed by atoms with Crippen LogP contribution in [0, 0.1) is 11.8 Å². The summed E-state index contributed by atoms with van der Waals surface area (Å²) >= 11 is 0. The zero-order valence-electron chi connectivity index (χ0n) is 19.4. The molecule has 37 heavy (non-hydrogen) atoms. The van der Waals surface area contributed by atoms with E-state index in [2.05, 4.69) is 0 Å². The molecule has 0 aromatic heterocycles. The number of fused-ring (bicyclic) bond motifs is 1. The van der Waals surface area contributed by atoms with Gasteiger partial charge in [0.25, 0.3) is 0 Å². The molecular formula is C24H30O13. The number of carbonyl (C=O) groups is 1.